The number of aliphatic hydroxyl groups excluding tert-OH is 1. The average molecular weight is 250 g/mol. The van der Waals surface area contributed by atoms with Crippen molar-refractivity contribution in [2.75, 3.05) is 13.2 Å². The van der Waals surface area contributed by atoms with Crippen LogP contribution in [0.5, 0.6) is 5.75 Å². The number of hydrogen-bond acceptors (Lipinski definition) is 3. The molecular formula is C11H13F3O3. The van der Waals surface area contributed by atoms with E-state index in [0.717, 1.165) is 0 Å². The Kier molecular flexibility index (Phi) is 4.77. The van der Waals surface area contributed by atoms with E-state index in [1.54, 1.807) is 31.2 Å². The molecule has 0 aliphatic heterocycles. The fourth-order valence-corrected chi connectivity index (χ4v) is 1.27. The lowest BCUT2D eigenvalue weighted by Crippen LogP contribution is -2.18. The van der Waals surface area contributed by atoms with Gasteiger partial charge in [0.05, 0.1) is 12.7 Å². The van der Waals surface area contributed by atoms with Gasteiger partial charge in [-0.3, -0.25) is 4.74 Å². The fraction of sp³-hybridized carbons (Fsp3) is 0.455. The summed E-state index contributed by atoms with van der Waals surface area (Å²) in [4.78, 5) is 0. The zero-order valence-corrected chi connectivity index (χ0v) is 9.20. The summed E-state index contributed by atoms with van der Waals surface area (Å²) in [5.41, 5.74) is 0.527. The summed E-state index contributed by atoms with van der Waals surface area (Å²) in [5, 5.41) is 9.40. The van der Waals surface area contributed by atoms with Crippen molar-refractivity contribution in [2.45, 2.75) is 19.4 Å². The van der Waals surface area contributed by atoms with E-state index in [2.05, 4.69) is 4.74 Å². The third-order valence-corrected chi connectivity index (χ3v) is 1.98. The van der Waals surface area contributed by atoms with E-state index in [-0.39, 0.29) is 6.61 Å². The van der Waals surface area contributed by atoms with Gasteiger partial charge in [-0.15, -0.1) is 13.2 Å². The zero-order valence-electron chi connectivity index (χ0n) is 9.20. The Morgan fingerprint density at radius 1 is 1.24 bits per heavy atom. The summed E-state index contributed by atoms with van der Waals surface area (Å²) >= 11 is 0. The molecule has 6 heteroatoms. The predicted octanol–water partition coefficient (Wildman–Crippen LogP) is 2.66. The van der Waals surface area contributed by atoms with Crippen molar-refractivity contribution in [1.82, 2.24) is 0 Å². The Balaban J connectivity index is 2.47. The molecule has 1 atom stereocenters. The minimum atomic E-state index is -4.65. The molecule has 1 aromatic carbocycles. The number of rotatable bonds is 5. The van der Waals surface area contributed by atoms with Crippen molar-refractivity contribution >= 4 is 0 Å². The number of para-hydroxylation sites is 1. The van der Waals surface area contributed by atoms with Gasteiger partial charge in [0.15, 0.2) is 0 Å². The van der Waals surface area contributed by atoms with Crippen LogP contribution < -0.4 is 4.74 Å². The van der Waals surface area contributed by atoms with E-state index in [4.69, 9.17) is 4.74 Å². The molecule has 0 saturated heterocycles. The van der Waals surface area contributed by atoms with Crippen LogP contribution in [0, 0.1) is 0 Å². The van der Waals surface area contributed by atoms with Crippen molar-refractivity contribution < 1.29 is 27.8 Å². The van der Waals surface area contributed by atoms with Gasteiger partial charge in [-0.2, -0.15) is 0 Å². The number of benzene rings is 1. The molecule has 0 bridgehead atoms. The molecule has 96 valence electrons. The Morgan fingerprint density at radius 3 is 2.47 bits per heavy atom. The Morgan fingerprint density at radius 2 is 1.88 bits per heavy atom. The van der Waals surface area contributed by atoms with Gasteiger partial charge in [0, 0.05) is 5.56 Å². The van der Waals surface area contributed by atoms with Crippen LogP contribution in [0.15, 0.2) is 24.3 Å². The molecule has 1 rings (SSSR count). The smallest absolute Gasteiger partial charge is 0.491 e. The van der Waals surface area contributed by atoms with E-state index >= 15 is 0 Å². The first kappa shape index (κ1) is 13.8. The number of ether oxygens (including phenoxy) is 2. The largest absolute Gasteiger partial charge is 0.522 e. The molecule has 17 heavy (non-hydrogen) atoms. The second-order valence-corrected chi connectivity index (χ2v) is 3.36. The molecule has 0 saturated carbocycles. The van der Waals surface area contributed by atoms with Crippen molar-refractivity contribution in [1.29, 1.82) is 0 Å². The maximum absolute atomic E-state index is 11.7. The molecule has 0 aliphatic carbocycles. The van der Waals surface area contributed by atoms with Gasteiger partial charge in [0.25, 0.3) is 0 Å². The Hall–Kier alpha value is -1.27. The second kappa shape index (κ2) is 5.88. The average Bonchev–Trinajstić information content (AvgIpc) is 2.23. The summed E-state index contributed by atoms with van der Waals surface area (Å²) in [7, 11) is 0. The molecule has 1 aromatic rings. The highest BCUT2D eigenvalue weighted by atomic mass is 19.4. The predicted molar refractivity (Wildman–Crippen MR) is 54.6 cm³/mol. The summed E-state index contributed by atoms with van der Waals surface area (Å²) < 4.78 is 43.7. The molecule has 0 spiro atoms. The van der Waals surface area contributed by atoms with Crippen LogP contribution in [0.4, 0.5) is 13.2 Å². The standard InChI is InChI=1S/C11H13F3O3/c1-8(15)9-4-2-3-5-10(9)16-6-7-17-11(12,13)14/h2-5,8,15H,6-7H2,1H3. The number of alkyl halides is 3. The molecule has 1 unspecified atom stereocenters. The van der Waals surface area contributed by atoms with Gasteiger partial charge >= 0.3 is 6.36 Å². The Labute approximate surface area is 96.8 Å². The summed E-state index contributed by atoms with van der Waals surface area (Å²) in [5.74, 6) is 0.355. The minimum absolute atomic E-state index is 0.233. The van der Waals surface area contributed by atoms with Crippen molar-refractivity contribution in [2.24, 2.45) is 0 Å². The van der Waals surface area contributed by atoms with E-state index in [1.807, 2.05) is 0 Å². The van der Waals surface area contributed by atoms with Crippen LogP contribution in [0.1, 0.15) is 18.6 Å². The van der Waals surface area contributed by atoms with Gasteiger partial charge in [0.1, 0.15) is 12.4 Å². The molecule has 0 radical (unpaired) electrons. The molecule has 0 aliphatic rings. The summed E-state index contributed by atoms with van der Waals surface area (Å²) in [6, 6.07) is 6.60. The van der Waals surface area contributed by atoms with Crippen LogP contribution in [0.25, 0.3) is 0 Å². The first-order chi connectivity index (χ1) is 7.90. The zero-order chi connectivity index (χ0) is 12.9. The second-order valence-electron chi connectivity index (χ2n) is 3.36. The Bertz CT molecular complexity index is 350. The summed E-state index contributed by atoms with van der Waals surface area (Å²) in [6.07, 6.45) is -5.39. The molecule has 0 amide bonds. The van der Waals surface area contributed by atoms with Gasteiger partial charge in [-0.25, -0.2) is 0 Å². The first-order valence-corrected chi connectivity index (χ1v) is 5.00. The van der Waals surface area contributed by atoms with Crippen LogP contribution >= 0.6 is 0 Å². The van der Waals surface area contributed by atoms with Crippen molar-refractivity contribution in [3.05, 3.63) is 29.8 Å². The van der Waals surface area contributed by atoms with Crippen molar-refractivity contribution in [3.63, 3.8) is 0 Å². The van der Waals surface area contributed by atoms with E-state index < -0.39 is 19.1 Å². The van der Waals surface area contributed by atoms with Gasteiger partial charge in [0.2, 0.25) is 0 Å². The molecular weight excluding hydrogens is 237 g/mol. The molecule has 3 nitrogen and oxygen atoms in total. The minimum Gasteiger partial charge on any atom is -0.491 e. The lowest BCUT2D eigenvalue weighted by Gasteiger charge is -2.13. The summed E-state index contributed by atoms with van der Waals surface area (Å²) in [6.45, 7) is 0.731. The highest BCUT2D eigenvalue weighted by molar-refractivity contribution is 5.34. The van der Waals surface area contributed by atoms with Gasteiger partial charge in [-0.05, 0) is 13.0 Å². The van der Waals surface area contributed by atoms with Crippen LogP contribution in [0.2, 0.25) is 0 Å². The lowest BCUT2D eigenvalue weighted by atomic mass is 10.1. The van der Waals surface area contributed by atoms with Crippen LogP contribution in [-0.2, 0) is 4.74 Å². The molecule has 0 fully saturated rings. The monoisotopic (exact) mass is 250 g/mol. The van der Waals surface area contributed by atoms with Gasteiger partial charge < -0.3 is 9.84 Å². The highest BCUT2D eigenvalue weighted by Crippen LogP contribution is 2.24. The third-order valence-electron chi connectivity index (χ3n) is 1.98. The normalized spacial score (nSPS) is 13.5. The van der Waals surface area contributed by atoms with E-state index in [1.165, 1.54) is 0 Å². The first-order valence-electron chi connectivity index (χ1n) is 5.00. The maximum atomic E-state index is 11.7. The van der Waals surface area contributed by atoms with Crippen LogP contribution in [0.3, 0.4) is 0 Å². The third kappa shape index (κ3) is 5.06. The van der Waals surface area contributed by atoms with Gasteiger partial charge in [-0.1, -0.05) is 18.2 Å². The van der Waals surface area contributed by atoms with Crippen molar-refractivity contribution in [3.8, 4) is 5.75 Å². The number of aliphatic hydroxyl groups is 1. The lowest BCUT2D eigenvalue weighted by molar-refractivity contribution is -0.325. The molecule has 1 N–H and O–H groups in total. The topological polar surface area (TPSA) is 38.7 Å². The quantitative estimate of drug-likeness (QED) is 0.816. The molecule has 0 aromatic heterocycles. The SMILES string of the molecule is CC(O)c1ccccc1OCCOC(F)(F)F. The van der Waals surface area contributed by atoms with E-state index in [0.29, 0.717) is 11.3 Å². The fourth-order valence-electron chi connectivity index (χ4n) is 1.27. The van der Waals surface area contributed by atoms with Crippen LogP contribution in [-0.4, -0.2) is 24.7 Å². The number of halogens is 3. The highest BCUT2D eigenvalue weighted by Gasteiger charge is 2.28. The molecule has 0 heterocycles. The maximum Gasteiger partial charge on any atom is 0.522 e. The van der Waals surface area contributed by atoms with E-state index in [9.17, 15) is 18.3 Å². The number of hydrogen-bond donors (Lipinski definition) is 1.